The van der Waals surface area contributed by atoms with Crippen LogP contribution in [0.1, 0.15) is 76.6 Å². The largest absolute Gasteiger partial charge is 0.483 e. The standard InChI is InChI=1S/C28H37N3O4/c1-26(2)12-11-18-20(35-26)9-8-17-19-15-28-21(27(3,4)24(19)31(34)23(17)18)14-16(7-10-22(32)30-28)6-5-13-29-25(28)33/h8-9,11-12,16,21-22,30,32,34H,5-7,10,13-15H2,1-4H3,(H,29,33)/t16-,21-,22?,28+/m1/s1. The SMILES string of the molecule is CC1(C)C=Cc2c(ccc3c4c(n(O)c23)C(C)(C)[C@H]2C[C@@H]3CCCNC(=O)[C@@]2(C4)NC(O)CC3)O1. The number of benzene rings is 1. The van der Waals surface area contributed by atoms with Crippen molar-refractivity contribution in [2.75, 3.05) is 6.54 Å². The summed E-state index contributed by atoms with van der Waals surface area (Å²) in [5, 5.41) is 30.2. The predicted molar refractivity (Wildman–Crippen MR) is 135 cm³/mol. The Labute approximate surface area is 206 Å². The summed E-state index contributed by atoms with van der Waals surface area (Å²) in [7, 11) is 0. The first-order chi connectivity index (χ1) is 16.5. The number of nitrogens with one attached hydrogen (secondary N) is 2. The molecule has 1 unspecified atom stereocenters. The van der Waals surface area contributed by atoms with Gasteiger partial charge in [0.15, 0.2) is 0 Å². The lowest BCUT2D eigenvalue weighted by Gasteiger charge is -2.53. The maximum Gasteiger partial charge on any atom is 0.241 e. The van der Waals surface area contributed by atoms with Gasteiger partial charge >= 0.3 is 0 Å². The van der Waals surface area contributed by atoms with E-state index in [9.17, 15) is 15.1 Å². The van der Waals surface area contributed by atoms with Crippen LogP contribution in [-0.2, 0) is 16.6 Å². The van der Waals surface area contributed by atoms with Gasteiger partial charge in [0.1, 0.15) is 23.1 Å². The highest BCUT2D eigenvalue weighted by atomic mass is 16.5. The molecule has 188 valence electrons. The van der Waals surface area contributed by atoms with Gasteiger partial charge in [0.25, 0.3) is 0 Å². The maximum absolute atomic E-state index is 13.9. The van der Waals surface area contributed by atoms with Crippen molar-refractivity contribution in [2.24, 2.45) is 11.8 Å². The van der Waals surface area contributed by atoms with E-state index in [2.05, 4.69) is 24.5 Å². The molecule has 2 fully saturated rings. The van der Waals surface area contributed by atoms with Crippen molar-refractivity contribution in [1.82, 2.24) is 15.4 Å². The summed E-state index contributed by atoms with van der Waals surface area (Å²) in [6.45, 7) is 8.98. The summed E-state index contributed by atoms with van der Waals surface area (Å²) < 4.78 is 7.56. The Balaban J connectivity index is 1.61. The molecule has 1 aromatic heterocycles. The number of aromatic nitrogens is 1. The van der Waals surface area contributed by atoms with Gasteiger partial charge in [-0.1, -0.05) is 13.8 Å². The number of aliphatic hydroxyl groups is 1. The molecule has 6 rings (SSSR count). The number of rotatable bonds is 0. The molecule has 4 N–H and O–H groups in total. The van der Waals surface area contributed by atoms with Gasteiger partial charge in [-0.25, -0.2) is 0 Å². The molecule has 1 aromatic carbocycles. The number of ether oxygens (including phenoxy) is 1. The Morgan fingerprint density at radius 1 is 1.14 bits per heavy atom. The molecule has 2 bridgehead atoms. The smallest absolute Gasteiger partial charge is 0.241 e. The first-order valence-corrected chi connectivity index (χ1v) is 13.1. The van der Waals surface area contributed by atoms with Crippen molar-refractivity contribution in [3.63, 3.8) is 0 Å². The highest BCUT2D eigenvalue weighted by Gasteiger charge is 2.59. The number of hydrogen-bond donors (Lipinski definition) is 4. The molecule has 4 heterocycles. The van der Waals surface area contributed by atoms with Gasteiger partial charge in [0.2, 0.25) is 5.91 Å². The summed E-state index contributed by atoms with van der Waals surface area (Å²) in [5.41, 5.74) is 1.54. The lowest BCUT2D eigenvalue weighted by molar-refractivity contribution is -0.136. The molecule has 4 atom stereocenters. The summed E-state index contributed by atoms with van der Waals surface area (Å²) in [6, 6.07) is 3.98. The van der Waals surface area contributed by atoms with Crippen molar-refractivity contribution in [3.05, 3.63) is 35.0 Å². The topological polar surface area (TPSA) is 95.8 Å². The lowest BCUT2D eigenvalue weighted by Crippen LogP contribution is -2.70. The molecule has 2 saturated heterocycles. The zero-order chi connectivity index (χ0) is 24.8. The van der Waals surface area contributed by atoms with Crippen molar-refractivity contribution in [3.8, 4) is 5.75 Å². The quantitative estimate of drug-likeness (QED) is 0.430. The molecule has 0 saturated carbocycles. The maximum atomic E-state index is 13.9. The summed E-state index contributed by atoms with van der Waals surface area (Å²) in [4.78, 5) is 13.9. The number of carbonyl (C=O) groups is 1. The molecule has 7 nitrogen and oxygen atoms in total. The third-order valence-corrected chi connectivity index (χ3v) is 9.09. The van der Waals surface area contributed by atoms with E-state index in [0.717, 1.165) is 59.2 Å². The predicted octanol–water partition coefficient (Wildman–Crippen LogP) is 3.87. The number of nitrogens with zero attached hydrogens (tertiary/aromatic N) is 1. The first-order valence-electron chi connectivity index (χ1n) is 13.1. The second-order valence-electron chi connectivity index (χ2n) is 12.2. The monoisotopic (exact) mass is 479 g/mol. The van der Waals surface area contributed by atoms with Crippen LogP contribution in [0.25, 0.3) is 17.0 Å². The minimum absolute atomic E-state index is 0.0374. The van der Waals surface area contributed by atoms with Crippen LogP contribution in [-0.4, -0.2) is 44.9 Å². The van der Waals surface area contributed by atoms with Gasteiger partial charge < -0.3 is 20.4 Å². The third-order valence-electron chi connectivity index (χ3n) is 9.09. The Morgan fingerprint density at radius 3 is 2.74 bits per heavy atom. The molecular formula is C28H37N3O4. The van der Waals surface area contributed by atoms with E-state index in [1.807, 2.05) is 38.1 Å². The zero-order valence-corrected chi connectivity index (χ0v) is 21.1. The van der Waals surface area contributed by atoms with Crippen molar-refractivity contribution < 1.29 is 19.8 Å². The molecule has 1 aliphatic carbocycles. The second-order valence-corrected chi connectivity index (χ2v) is 12.2. The van der Waals surface area contributed by atoms with E-state index in [-0.39, 0.29) is 11.8 Å². The van der Waals surface area contributed by atoms with Crippen LogP contribution in [0.3, 0.4) is 0 Å². The van der Waals surface area contributed by atoms with Crippen LogP contribution >= 0.6 is 0 Å². The molecule has 3 aliphatic heterocycles. The van der Waals surface area contributed by atoms with Crippen LogP contribution in [0.5, 0.6) is 5.75 Å². The van der Waals surface area contributed by atoms with Crippen LogP contribution in [0.4, 0.5) is 0 Å². The van der Waals surface area contributed by atoms with Gasteiger partial charge in [-0.05, 0) is 87.6 Å². The van der Waals surface area contributed by atoms with Crippen molar-refractivity contribution >= 4 is 22.9 Å². The average Bonchev–Trinajstić information content (AvgIpc) is 3.08. The van der Waals surface area contributed by atoms with Crippen molar-refractivity contribution in [1.29, 1.82) is 0 Å². The van der Waals surface area contributed by atoms with Gasteiger partial charge in [0, 0.05) is 29.3 Å². The van der Waals surface area contributed by atoms with E-state index >= 15 is 0 Å². The van der Waals surface area contributed by atoms with Crippen LogP contribution in [0, 0.1) is 11.8 Å². The van der Waals surface area contributed by atoms with E-state index in [0.29, 0.717) is 25.3 Å². The Bertz CT molecular complexity index is 1240. The number of hydrogen-bond acceptors (Lipinski definition) is 5. The van der Waals surface area contributed by atoms with Crippen LogP contribution < -0.4 is 15.4 Å². The first kappa shape index (κ1) is 22.9. The van der Waals surface area contributed by atoms with E-state index in [1.54, 1.807) is 0 Å². The van der Waals surface area contributed by atoms with Gasteiger partial charge in [-0.2, -0.15) is 4.73 Å². The fourth-order valence-corrected chi connectivity index (χ4v) is 7.48. The minimum atomic E-state index is -0.947. The zero-order valence-electron chi connectivity index (χ0n) is 21.1. The fourth-order valence-electron chi connectivity index (χ4n) is 7.48. The molecule has 2 aromatic rings. The van der Waals surface area contributed by atoms with E-state index in [4.69, 9.17) is 4.74 Å². The molecule has 1 amide bonds. The lowest BCUT2D eigenvalue weighted by atomic mass is 9.55. The number of amides is 1. The van der Waals surface area contributed by atoms with E-state index < -0.39 is 22.8 Å². The Morgan fingerprint density at radius 2 is 1.94 bits per heavy atom. The van der Waals surface area contributed by atoms with Crippen molar-refractivity contribution in [2.45, 2.75) is 89.0 Å². The Kier molecular flexibility index (Phi) is 4.91. The normalized spacial score (nSPS) is 33.2. The Hall–Kier alpha value is -2.51. The molecule has 0 spiro atoms. The third kappa shape index (κ3) is 3.27. The fraction of sp³-hybridized carbons (Fsp3) is 0.607. The average molecular weight is 480 g/mol. The highest BCUT2D eigenvalue weighted by Crippen LogP contribution is 2.54. The van der Waals surface area contributed by atoms with Gasteiger partial charge in [0.05, 0.1) is 11.2 Å². The molecule has 0 radical (unpaired) electrons. The van der Waals surface area contributed by atoms with Gasteiger partial charge in [-0.3, -0.25) is 10.1 Å². The molecule has 35 heavy (non-hydrogen) atoms. The van der Waals surface area contributed by atoms with E-state index in [1.165, 1.54) is 4.73 Å². The summed E-state index contributed by atoms with van der Waals surface area (Å²) >= 11 is 0. The van der Waals surface area contributed by atoms with Crippen LogP contribution in [0.2, 0.25) is 0 Å². The number of aliphatic hydroxyl groups excluding tert-OH is 1. The second kappa shape index (κ2) is 7.50. The molecule has 4 aliphatic rings. The summed E-state index contributed by atoms with van der Waals surface area (Å²) in [6.07, 6.45) is 8.19. The summed E-state index contributed by atoms with van der Waals surface area (Å²) in [5.74, 6) is 1.06. The van der Waals surface area contributed by atoms with Crippen LogP contribution in [0.15, 0.2) is 18.2 Å². The molecular weight excluding hydrogens is 442 g/mol. The van der Waals surface area contributed by atoms with Gasteiger partial charge in [-0.15, -0.1) is 0 Å². The minimum Gasteiger partial charge on any atom is -0.483 e. The highest BCUT2D eigenvalue weighted by molar-refractivity contribution is 5.97. The number of carbonyl (C=O) groups excluding carboxylic acids is 1. The molecule has 7 heteroatoms. The number of fused-ring (bicyclic) bond motifs is 6.